The van der Waals surface area contributed by atoms with E-state index < -0.39 is 16.9 Å². The number of ether oxygens (including phenoxy) is 1. The van der Waals surface area contributed by atoms with Gasteiger partial charge in [0.25, 0.3) is 5.56 Å². The largest absolute Gasteiger partial charge is 0.444 e. The van der Waals surface area contributed by atoms with Gasteiger partial charge in [0.15, 0.2) is 5.65 Å². The molecule has 9 nitrogen and oxygen atoms in total. The molecule has 0 bridgehead atoms. The maximum atomic E-state index is 13.1. The van der Waals surface area contributed by atoms with E-state index in [9.17, 15) is 14.4 Å². The van der Waals surface area contributed by atoms with Crippen molar-refractivity contribution in [2.45, 2.75) is 45.3 Å². The van der Waals surface area contributed by atoms with E-state index in [1.807, 2.05) is 51.1 Å². The highest BCUT2D eigenvalue weighted by Crippen LogP contribution is 2.23. The van der Waals surface area contributed by atoms with Crippen LogP contribution >= 0.6 is 0 Å². The summed E-state index contributed by atoms with van der Waals surface area (Å²) in [4.78, 5) is 49.7. The SMILES string of the molecule is CC(C)(C)OC(=O)N1CCC(n2c(=O)[nH]c3nc(-c4ccccc4)[nH]c3c2=O)CC1. The molecule has 4 rings (SSSR count). The molecule has 0 atom stereocenters. The summed E-state index contributed by atoms with van der Waals surface area (Å²) in [5, 5.41) is 0. The van der Waals surface area contributed by atoms with Gasteiger partial charge in [-0.3, -0.25) is 14.3 Å². The van der Waals surface area contributed by atoms with Crippen molar-refractivity contribution in [2.75, 3.05) is 13.1 Å². The number of carbonyl (C=O) groups excluding carboxylic acids is 1. The summed E-state index contributed by atoms with van der Waals surface area (Å²) in [6.45, 7) is 6.30. The second kappa shape index (κ2) is 7.47. The molecular weight excluding hydrogens is 386 g/mol. The lowest BCUT2D eigenvalue weighted by Crippen LogP contribution is -2.46. The van der Waals surface area contributed by atoms with E-state index in [0.717, 1.165) is 5.56 Å². The molecule has 1 fully saturated rings. The molecule has 0 aliphatic carbocycles. The van der Waals surface area contributed by atoms with E-state index in [1.165, 1.54) is 4.57 Å². The van der Waals surface area contributed by atoms with Gasteiger partial charge in [0.05, 0.1) is 0 Å². The summed E-state index contributed by atoms with van der Waals surface area (Å²) in [6.07, 6.45) is 0.611. The maximum absolute atomic E-state index is 13.1. The fraction of sp³-hybridized carbons (Fsp3) is 0.429. The molecule has 1 amide bonds. The molecule has 0 unspecified atom stereocenters. The Balaban J connectivity index is 1.59. The minimum Gasteiger partial charge on any atom is -0.444 e. The lowest BCUT2D eigenvalue weighted by atomic mass is 10.1. The van der Waals surface area contributed by atoms with Crippen molar-refractivity contribution < 1.29 is 9.53 Å². The van der Waals surface area contributed by atoms with E-state index >= 15 is 0 Å². The quantitative estimate of drug-likeness (QED) is 0.673. The van der Waals surface area contributed by atoms with Crippen LogP contribution in [0, 0.1) is 0 Å². The van der Waals surface area contributed by atoms with E-state index in [2.05, 4.69) is 15.0 Å². The van der Waals surface area contributed by atoms with Gasteiger partial charge in [0.2, 0.25) is 0 Å². The van der Waals surface area contributed by atoms with Crippen molar-refractivity contribution in [3.05, 3.63) is 51.2 Å². The van der Waals surface area contributed by atoms with Crippen molar-refractivity contribution in [1.29, 1.82) is 0 Å². The number of hydrogen-bond donors (Lipinski definition) is 2. The van der Waals surface area contributed by atoms with Gasteiger partial charge in [-0.05, 0) is 33.6 Å². The number of carbonyl (C=O) groups is 1. The minimum atomic E-state index is -0.565. The van der Waals surface area contributed by atoms with Crippen LogP contribution < -0.4 is 11.2 Å². The zero-order valence-corrected chi connectivity index (χ0v) is 17.3. The Kier molecular flexibility index (Phi) is 4.97. The van der Waals surface area contributed by atoms with Crippen LogP contribution in [0.3, 0.4) is 0 Å². The van der Waals surface area contributed by atoms with Crippen LogP contribution in [0.4, 0.5) is 4.79 Å². The van der Waals surface area contributed by atoms with Crippen molar-refractivity contribution in [2.24, 2.45) is 0 Å². The predicted molar refractivity (Wildman–Crippen MR) is 112 cm³/mol. The highest BCUT2D eigenvalue weighted by molar-refractivity contribution is 5.74. The van der Waals surface area contributed by atoms with Gasteiger partial charge < -0.3 is 14.6 Å². The topological polar surface area (TPSA) is 113 Å². The number of H-pyrrole nitrogens is 2. The smallest absolute Gasteiger partial charge is 0.410 e. The van der Waals surface area contributed by atoms with E-state index in [-0.39, 0.29) is 23.3 Å². The third-order valence-electron chi connectivity index (χ3n) is 5.11. The lowest BCUT2D eigenvalue weighted by Gasteiger charge is -2.33. The first-order valence-corrected chi connectivity index (χ1v) is 10.0. The fourth-order valence-electron chi connectivity index (χ4n) is 3.69. The average Bonchev–Trinajstić information content (AvgIpc) is 3.12. The van der Waals surface area contributed by atoms with Gasteiger partial charge >= 0.3 is 11.8 Å². The molecule has 2 N–H and O–H groups in total. The lowest BCUT2D eigenvalue weighted by molar-refractivity contribution is 0.0186. The molecule has 1 aromatic carbocycles. The monoisotopic (exact) mass is 411 g/mol. The minimum absolute atomic E-state index is 0.242. The van der Waals surface area contributed by atoms with Gasteiger partial charge in [0.1, 0.15) is 16.9 Å². The van der Waals surface area contributed by atoms with Gasteiger partial charge in [0, 0.05) is 24.7 Å². The van der Waals surface area contributed by atoms with Crippen LogP contribution in [0.2, 0.25) is 0 Å². The molecule has 0 saturated carbocycles. The van der Waals surface area contributed by atoms with Crippen LogP contribution in [0.15, 0.2) is 39.9 Å². The van der Waals surface area contributed by atoms with E-state index in [4.69, 9.17) is 4.74 Å². The van der Waals surface area contributed by atoms with E-state index in [1.54, 1.807) is 4.90 Å². The van der Waals surface area contributed by atoms with Crippen LogP contribution in [-0.2, 0) is 4.74 Å². The third kappa shape index (κ3) is 3.87. The van der Waals surface area contributed by atoms with Crippen molar-refractivity contribution in [1.82, 2.24) is 24.4 Å². The summed E-state index contributed by atoms with van der Waals surface area (Å²) in [5.74, 6) is 0.524. The number of hydrogen-bond acceptors (Lipinski definition) is 5. The summed E-state index contributed by atoms with van der Waals surface area (Å²) in [6, 6.07) is 9.10. The highest BCUT2D eigenvalue weighted by Gasteiger charge is 2.29. The molecule has 30 heavy (non-hydrogen) atoms. The summed E-state index contributed by atoms with van der Waals surface area (Å²) >= 11 is 0. The number of amides is 1. The normalized spacial score (nSPS) is 15.5. The number of aromatic amines is 2. The Labute approximate surface area is 172 Å². The van der Waals surface area contributed by atoms with E-state index in [0.29, 0.717) is 31.8 Å². The van der Waals surface area contributed by atoms with Crippen LogP contribution in [0.5, 0.6) is 0 Å². The molecule has 1 aliphatic rings. The summed E-state index contributed by atoms with van der Waals surface area (Å²) in [7, 11) is 0. The zero-order valence-electron chi connectivity index (χ0n) is 17.3. The Bertz CT molecular complexity index is 1180. The number of nitrogens with one attached hydrogen (secondary N) is 2. The van der Waals surface area contributed by atoms with Crippen molar-refractivity contribution in [3.8, 4) is 11.4 Å². The molecule has 3 heterocycles. The number of fused-ring (bicyclic) bond motifs is 1. The van der Waals surface area contributed by atoms with Gasteiger partial charge in [-0.25, -0.2) is 14.6 Å². The first-order chi connectivity index (χ1) is 14.2. The highest BCUT2D eigenvalue weighted by atomic mass is 16.6. The Morgan fingerprint density at radius 1 is 1.10 bits per heavy atom. The molecule has 2 aromatic heterocycles. The number of rotatable bonds is 2. The molecule has 9 heteroatoms. The Hall–Kier alpha value is -3.36. The standard InChI is InChI=1S/C21H25N5O4/c1-21(2,3)30-20(29)25-11-9-14(10-12-25)26-18(27)15-17(24-19(26)28)23-16(22-15)13-7-5-4-6-8-13/h4-8,14H,9-12H2,1-3H3,(H,22,23)(H,24,28). The summed E-state index contributed by atoms with van der Waals surface area (Å²) < 4.78 is 6.64. The second-order valence-corrected chi connectivity index (χ2v) is 8.48. The average molecular weight is 411 g/mol. The number of piperidine rings is 1. The molecule has 0 spiro atoms. The molecule has 1 aliphatic heterocycles. The van der Waals surface area contributed by atoms with Crippen LogP contribution in [-0.4, -0.2) is 49.2 Å². The number of imidazole rings is 1. The number of likely N-dealkylation sites (tertiary alicyclic amines) is 1. The maximum Gasteiger partial charge on any atom is 0.410 e. The number of benzene rings is 1. The zero-order chi connectivity index (χ0) is 21.5. The predicted octanol–water partition coefficient (Wildman–Crippen LogP) is 2.65. The van der Waals surface area contributed by atoms with Gasteiger partial charge in [-0.2, -0.15) is 0 Å². The molecule has 0 radical (unpaired) electrons. The van der Waals surface area contributed by atoms with Crippen LogP contribution in [0.1, 0.15) is 39.7 Å². The molecule has 158 valence electrons. The third-order valence-corrected chi connectivity index (χ3v) is 5.11. The fourth-order valence-corrected chi connectivity index (χ4v) is 3.69. The molecule has 1 saturated heterocycles. The summed E-state index contributed by atoms with van der Waals surface area (Å²) in [5.41, 5.74) is -0.126. The molecular formula is C21H25N5O4. The van der Waals surface area contributed by atoms with Crippen molar-refractivity contribution >= 4 is 17.3 Å². The number of aromatic nitrogens is 4. The van der Waals surface area contributed by atoms with Crippen LogP contribution in [0.25, 0.3) is 22.6 Å². The van der Waals surface area contributed by atoms with Crippen molar-refractivity contribution in [3.63, 3.8) is 0 Å². The molecule has 3 aromatic rings. The number of nitrogens with zero attached hydrogens (tertiary/aromatic N) is 3. The Morgan fingerprint density at radius 3 is 2.40 bits per heavy atom. The van der Waals surface area contributed by atoms with Gasteiger partial charge in [-0.15, -0.1) is 0 Å². The first-order valence-electron chi connectivity index (χ1n) is 10.0. The second-order valence-electron chi connectivity index (χ2n) is 8.48. The van der Waals surface area contributed by atoms with Gasteiger partial charge in [-0.1, -0.05) is 30.3 Å². The Morgan fingerprint density at radius 2 is 1.77 bits per heavy atom. The first kappa shape index (κ1) is 19.9.